The van der Waals surface area contributed by atoms with Crippen LogP contribution >= 0.6 is 11.7 Å². The predicted octanol–water partition coefficient (Wildman–Crippen LogP) is 0.341. The van der Waals surface area contributed by atoms with E-state index in [1.54, 1.807) is 0 Å². The molecule has 0 saturated carbocycles. The first-order valence-electron chi connectivity index (χ1n) is 8.25. The average Bonchev–Trinajstić information content (AvgIpc) is 3.35. The highest BCUT2D eigenvalue weighted by Crippen LogP contribution is 2.36. The van der Waals surface area contributed by atoms with E-state index in [0.717, 1.165) is 36.2 Å². The number of fused-ring (bicyclic) bond motifs is 3. The fourth-order valence-electron chi connectivity index (χ4n) is 3.90. The van der Waals surface area contributed by atoms with Gasteiger partial charge in [-0.1, -0.05) is 0 Å². The van der Waals surface area contributed by atoms with Gasteiger partial charge in [0.2, 0.25) is 5.95 Å². The molecule has 26 heavy (non-hydrogen) atoms. The van der Waals surface area contributed by atoms with Crippen LogP contribution in [0.4, 0.5) is 11.6 Å². The molecule has 4 heterocycles. The monoisotopic (exact) mass is 369 g/mol. The first-order valence-corrected chi connectivity index (χ1v) is 8.98. The van der Waals surface area contributed by atoms with Crippen molar-refractivity contribution < 1.29 is 4.79 Å². The van der Waals surface area contributed by atoms with Crippen LogP contribution in [-0.4, -0.2) is 49.8 Å². The van der Waals surface area contributed by atoms with Crippen LogP contribution < -0.4 is 21.1 Å². The van der Waals surface area contributed by atoms with E-state index in [4.69, 9.17) is 5.73 Å². The second kappa shape index (κ2) is 5.49. The van der Waals surface area contributed by atoms with Gasteiger partial charge in [-0.15, -0.1) is 0 Å². The summed E-state index contributed by atoms with van der Waals surface area (Å²) in [6.45, 7) is 1.60. The molecule has 2 saturated heterocycles. The molecule has 132 valence electrons. The highest BCUT2D eigenvalue weighted by molar-refractivity contribution is 7.00. The van der Waals surface area contributed by atoms with Crippen LogP contribution in [0.1, 0.15) is 16.8 Å². The Hall–Kier alpha value is -3.01. The minimum Gasteiger partial charge on any atom is -0.365 e. The number of nitrogens with two attached hydrogens (primary N) is 1. The molecule has 2 aliphatic heterocycles. The highest BCUT2D eigenvalue weighted by atomic mass is 32.1. The van der Waals surface area contributed by atoms with Crippen LogP contribution in [0.2, 0.25) is 0 Å². The Morgan fingerprint density at radius 1 is 1.19 bits per heavy atom. The minimum absolute atomic E-state index is 0.120. The van der Waals surface area contributed by atoms with Gasteiger partial charge >= 0.3 is 0 Å². The molecular weight excluding hydrogens is 354 g/mol. The molecule has 3 N–H and O–H groups in total. The Kier molecular flexibility index (Phi) is 3.23. The topological polar surface area (TPSA) is 121 Å². The van der Waals surface area contributed by atoms with Crippen LogP contribution in [0, 0.1) is 0 Å². The van der Waals surface area contributed by atoms with Gasteiger partial charge in [-0.05, 0) is 24.6 Å². The fraction of sp³-hybridized carbons (Fsp3) is 0.312. The number of primary amides is 1. The van der Waals surface area contributed by atoms with E-state index in [0.29, 0.717) is 12.0 Å². The average molecular weight is 369 g/mol. The Labute approximate surface area is 151 Å². The molecule has 9 nitrogen and oxygen atoms in total. The van der Waals surface area contributed by atoms with E-state index in [9.17, 15) is 9.59 Å². The maximum Gasteiger partial charge on any atom is 0.265 e. The number of hydrogen-bond acceptors (Lipinski definition) is 8. The molecule has 2 bridgehead atoms. The maximum atomic E-state index is 12.0. The highest BCUT2D eigenvalue weighted by Gasteiger charge is 2.44. The fourth-order valence-corrected chi connectivity index (χ4v) is 4.42. The standard InChI is InChI=1S/C16H15N7O2S/c17-14(24)11-5-18-16(19-15(11)25)23-7-9-3-10(23)6-22(9)8-1-2-12-13(4-8)21-26-20-12/h1-2,4-5,9-10H,3,6-7H2,(H2,17,24)(H,18,19,25)/t9-,10-/m0/s1. The van der Waals surface area contributed by atoms with Crippen LogP contribution in [0.15, 0.2) is 29.2 Å². The SMILES string of the molecule is NC(=O)c1cnc(N2C[C@@H]3C[C@H]2CN3c2ccc3nsnc3c2)[nH]c1=O. The third-order valence-corrected chi connectivity index (χ3v) is 5.69. The second-order valence-corrected chi connectivity index (χ2v) is 7.13. The summed E-state index contributed by atoms with van der Waals surface area (Å²) < 4.78 is 8.56. The van der Waals surface area contributed by atoms with Gasteiger partial charge in [0.15, 0.2) is 0 Å². The Bertz CT molecular complexity index is 1080. The molecule has 0 unspecified atom stereocenters. The number of carbonyl (C=O) groups excluding carboxylic acids is 1. The molecule has 1 aromatic carbocycles. The van der Waals surface area contributed by atoms with Crippen LogP contribution in [0.3, 0.4) is 0 Å². The zero-order valence-electron chi connectivity index (χ0n) is 13.6. The summed E-state index contributed by atoms with van der Waals surface area (Å²) in [6, 6.07) is 6.75. The van der Waals surface area contributed by atoms with Crippen molar-refractivity contribution in [1.82, 2.24) is 18.7 Å². The first kappa shape index (κ1) is 15.3. The van der Waals surface area contributed by atoms with Crippen molar-refractivity contribution in [2.45, 2.75) is 18.5 Å². The molecule has 2 aliphatic rings. The number of H-pyrrole nitrogens is 1. The number of anilines is 2. The van der Waals surface area contributed by atoms with E-state index in [-0.39, 0.29) is 11.6 Å². The molecule has 2 aromatic heterocycles. The van der Waals surface area contributed by atoms with Gasteiger partial charge in [0.05, 0.1) is 17.8 Å². The number of piperazine rings is 1. The lowest BCUT2D eigenvalue weighted by atomic mass is 10.2. The number of benzene rings is 1. The summed E-state index contributed by atoms with van der Waals surface area (Å²) in [5, 5.41) is 0. The summed E-state index contributed by atoms with van der Waals surface area (Å²) in [5.74, 6) is -0.280. The number of hydrogen-bond donors (Lipinski definition) is 2. The quantitative estimate of drug-likeness (QED) is 0.683. The summed E-state index contributed by atoms with van der Waals surface area (Å²) in [5.41, 5.74) is 7.52. The second-order valence-electron chi connectivity index (χ2n) is 6.60. The summed E-state index contributed by atoms with van der Waals surface area (Å²) in [7, 11) is 0. The van der Waals surface area contributed by atoms with Crippen molar-refractivity contribution in [1.29, 1.82) is 0 Å². The van der Waals surface area contributed by atoms with Crippen molar-refractivity contribution in [3.8, 4) is 0 Å². The van der Waals surface area contributed by atoms with Crippen molar-refractivity contribution in [3.63, 3.8) is 0 Å². The number of rotatable bonds is 3. The lowest BCUT2D eigenvalue weighted by Gasteiger charge is -2.35. The lowest BCUT2D eigenvalue weighted by Crippen LogP contribution is -2.47. The normalized spacial score (nSPS) is 21.7. The zero-order chi connectivity index (χ0) is 17.8. The number of carbonyl (C=O) groups is 1. The predicted molar refractivity (Wildman–Crippen MR) is 97.7 cm³/mol. The molecule has 10 heteroatoms. The Morgan fingerprint density at radius 2 is 1.96 bits per heavy atom. The van der Waals surface area contributed by atoms with E-state index in [2.05, 4.69) is 40.6 Å². The van der Waals surface area contributed by atoms with Crippen molar-refractivity contribution in [3.05, 3.63) is 40.3 Å². The van der Waals surface area contributed by atoms with E-state index >= 15 is 0 Å². The van der Waals surface area contributed by atoms with E-state index < -0.39 is 11.5 Å². The Morgan fingerprint density at radius 3 is 2.69 bits per heavy atom. The number of aromatic nitrogens is 4. The van der Waals surface area contributed by atoms with Gasteiger partial charge in [0.1, 0.15) is 16.6 Å². The lowest BCUT2D eigenvalue weighted by molar-refractivity contribution is 0.0998. The van der Waals surface area contributed by atoms with Gasteiger partial charge in [-0.25, -0.2) is 4.98 Å². The van der Waals surface area contributed by atoms with Crippen LogP contribution in [-0.2, 0) is 0 Å². The van der Waals surface area contributed by atoms with E-state index in [1.165, 1.54) is 17.9 Å². The molecule has 2 fully saturated rings. The number of nitrogens with one attached hydrogen (secondary N) is 1. The summed E-state index contributed by atoms with van der Waals surface area (Å²) >= 11 is 1.22. The maximum absolute atomic E-state index is 12.0. The summed E-state index contributed by atoms with van der Waals surface area (Å²) in [6.07, 6.45) is 2.25. The van der Waals surface area contributed by atoms with Gasteiger partial charge in [-0.2, -0.15) is 8.75 Å². The summed E-state index contributed by atoms with van der Waals surface area (Å²) in [4.78, 5) is 34.5. The molecule has 0 radical (unpaired) electrons. The molecule has 5 rings (SSSR count). The third kappa shape index (κ3) is 2.25. The first-order chi connectivity index (χ1) is 12.6. The van der Waals surface area contributed by atoms with Gasteiger partial charge < -0.3 is 15.5 Å². The number of aromatic amines is 1. The van der Waals surface area contributed by atoms with Crippen molar-refractivity contribution in [2.24, 2.45) is 5.73 Å². The molecule has 3 aromatic rings. The zero-order valence-corrected chi connectivity index (χ0v) is 14.4. The van der Waals surface area contributed by atoms with Crippen LogP contribution in [0.25, 0.3) is 11.0 Å². The van der Waals surface area contributed by atoms with Gasteiger partial charge in [0.25, 0.3) is 11.5 Å². The van der Waals surface area contributed by atoms with Crippen molar-refractivity contribution in [2.75, 3.05) is 22.9 Å². The number of nitrogens with zero attached hydrogens (tertiary/aromatic N) is 5. The number of amides is 1. The van der Waals surface area contributed by atoms with Gasteiger partial charge in [0, 0.05) is 31.0 Å². The van der Waals surface area contributed by atoms with E-state index in [1.807, 2.05) is 6.07 Å². The van der Waals surface area contributed by atoms with Crippen LogP contribution in [0.5, 0.6) is 0 Å². The largest absolute Gasteiger partial charge is 0.365 e. The Balaban J connectivity index is 1.39. The van der Waals surface area contributed by atoms with Gasteiger partial charge in [-0.3, -0.25) is 14.6 Å². The van der Waals surface area contributed by atoms with Crippen molar-refractivity contribution >= 4 is 40.3 Å². The molecule has 1 amide bonds. The molecule has 2 atom stereocenters. The third-order valence-electron chi connectivity index (χ3n) is 5.13. The smallest absolute Gasteiger partial charge is 0.265 e. The minimum atomic E-state index is -0.772. The molecular formula is C16H15N7O2S. The molecule has 0 aliphatic carbocycles. The molecule has 0 spiro atoms.